The van der Waals surface area contributed by atoms with Gasteiger partial charge in [0.1, 0.15) is 11.2 Å². The highest BCUT2D eigenvalue weighted by atomic mass is 16.3. The minimum absolute atomic E-state index is 0.153. The fourth-order valence-electron chi connectivity index (χ4n) is 1.96. The summed E-state index contributed by atoms with van der Waals surface area (Å²) >= 11 is 0. The summed E-state index contributed by atoms with van der Waals surface area (Å²) < 4.78 is 0. The topological polar surface area (TPSA) is 107 Å². The number of nitrogens with one attached hydrogen (secondary N) is 3. The van der Waals surface area contributed by atoms with Crippen LogP contribution < -0.4 is 5.32 Å². The van der Waals surface area contributed by atoms with Gasteiger partial charge in [0.25, 0.3) is 5.91 Å². The van der Waals surface area contributed by atoms with Crippen LogP contribution in [0.2, 0.25) is 0 Å². The van der Waals surface area contributed by atoms with E-state index in [4.69, 9.17) is 0 Å². The van der Waals surface area contributed by atoms with Crippen molar-refractivity contribution in [2.24, 2.45) is 0 Å². The Kier molecular flexibility index (Phi) is 2.72. The molecule has 0 saturated heterocycles. The van der Waals surface area contributed by atoms with Gasteiger partial charge < -0.3 is 20.4 Å². The van der Waals surface area contributed by atoms with Gasteiger partial charge in [-0.2, -0.15) is 0 Å². The highest BCUT2D eigenvalue weighted by Crippen LogP contribution is 2.20. The second kappa shape index (κ2) is 4.31. The Morgan fingerprint density at radius 3 is 3.05 bits per heavy atom. The van der Waals surface area contributed by atoms with Gasteiger partial charge in [0.2, 0.25) is 0 Å². The molecule has 3 heterocycles. The minimum Gasteiger partial charge on any atom is -0.389 e. The summed E-state index contributed by atoms with van der Waals surface area (Å²) in [6.07, 6.45) is 3.41. The van der Waals surface area contributed by atoms with Crippen LogP contribution in [0.15, 0.2) is 18.5 Å². The van der Waals surface area contributed by atoms with Crippen molar-refractivity contribution in [2.75, 3.05) is 6.54 Å². The van der Waals surface area contributed by atoms with E-state index in [1.165, 1.54) is 0 Å². The molecule has 0 bridgehead atoms. The van der Waals surface area contributed by atoms with Gasteiger partial charge in [0.05, 0.1) is 17.3 Å². The Balaban J connectivity index is 1.94. The van der Waals surface area contributed by atoms with Crippen molar-refractivity contribution in [3.63, 3.8) is 0 Å². The Morgan fingerprint density at radius 2 is 2.30 bits per heavy atom. The van der Waals surface area contributed by atoms with Gasteiger partial charge in [-0.1, -0.05) is 0 Å². The SMILES string of the molecule is CC(C)(O)CNC(=O)c1nc2c(cnc3[nH]ccc32)[nH]1. The Labute approximate surface area is 114 Å². The van der Waals surface area contributed by atoms with Crippen molar-refractivity contribution in [3.05, 3.63) is 24.3 Å². The summed E-state index contributed by atoms with van der Waals surface area (Å²) in [6, 6.07) is 1.87. The van der Waals surface area contributed by atoms with E-state index in [1.54, 1.807) is 26.2 Å². The lowest BCUT2D eigenvalue weighted by molar-refractivity contribution is 0.0690. The summed E-state index contributed by atoms with van der Waals surface area (Å²) in [6.45, 7) is 3.40. The molecule has 0 aromatic carbocycles. The summed E-state index contributed by atoms with van der Waals surface area (Å²) in [5.74, 6) is -0.147. The number of hydrogen-bond acceptors (Lipinski definition) is 4. The van der Waals surface area contributed by atoms with E-state index in [0.717, 1.165) is 11.0 Å². The van der Waals surface area contributed by atoms with Crippen LogP contribution >= 0.6 is 0 Å². The average Bonchev–Trinajstić information content (AvgIpc) is 2.99. The van der Waals surface area contributed by atoms with Crippen molar-refractivity contribution in [2.45, 2.75) is 19.4 Å². The number of hydrogen-bond donors (Lipinski definition) is 4. The van der Waals surface area contributed by atoms with Crippen LogP contribution in [0, 0.1) is 0 Å². The lowest BCUT2D eigenvalue weighted by atomic mass is 10.1. The van der Waals surface area contributed by atoms with Crippen LogP contribution in [0.5, 0.6) is 0 Å². The molecule has 0 radical (unpaired) electrons. The molecule has 4 N–H and O–H groups in total. The van der Waals surface area contributed by atoms with Crippen LogP contribution in [-0.2, 0) is 0 Å². The first-order valence-corrected chi connectivity index (χ1v) is 6.26. The molecule has 104 valence electrons. The number of aromatic amines is 2. The van der Waals surface area contributed by atoms with Crippen molar-refractivity contribution in [1.29, 1.82) is 0 Å². The standard InChI is InChI=1S/C13H15N5O2/c1-13(2,20)6-16-12(19)11-17-8-5-15-10-7(3-4-14-10)9(8)18-11/h3-5,20H,6H2,1-2H3,(H,14,15)(H,16,19)(H,17,18). The third-order valence-corrected chi connectivity index (χ3v) is 2.93. The maximum Gasteiger partial charge on any atom is 0.287 e. The van der Waals surface area contributed by atoms with Crippen molar-refractivity contribution in [1.82, 2.24) is 25.3 Å². The van der Waals surface area contributed by atoms with Crippen LogP contribution in [0.1, 0.15) is 24.5 Å². The van der Waals surface area contributed by atoms with E-state index in [0.29, 0.717) is 11.0 Å². The van der Waals surface area contributed by atoms with Gasteiger partial charge in [0, 0.05) is 18.1 Å². The minimum atomic E-state index is -0.961. The smallest absolute Gasteiger partial charge is 0.287 e. The zero-order chi connectivity index (χ0) is 14.3. The number of pyridine rings is 1. The monoisotopic (exact) mass is 273 g/mol. The second-order valence-electron chi connectivity index (χ2n) is 5.34. The molecule has 0 saturated carbocycles. The highest BCUT2D eigenvalue weighted by Gasteiger charge is 2.18. The molecule has 3 aromatic heterocycles. The molecule has 0 aliphatic carbocycles. The van der Waals surface area contributed by atoms with Gasteiger partial charge >= 0.3 is 0 Å². The quantitative estimate of drug-likeness (QED) is 0.569. The predicted molar refractivity (Wildman–Crippen MR) is 74.4 cm³/mol. The number of carbonyl (C=O) groups excluding carboxylic acids is 1. The van der Waals surface area contributed by atoms with Crippen molar-refractivity contribution >= 4 is 28.0 Å². The first-order chi connectivity index (χ1) is 9.44. The molecule has 0 atom stereocenters. The number of rotatable bonds is 3. The molecule has 1 amide bonds. The van der Waals surface area contributed by atoms with Gasteiger partial charge in [-0.25, -0.2) is 9.97 Å². The van der Waals surface area contributed by atoms with Crippen LogP contribution in [0.4, 0.5) is 0 Å². The lowest BCUT2D eigenvalue weighted by Crippen LogP contribution is -2.38. The molecule has 0 unspecified atom stereocenters. The van der Waals surface area contributed by atoms with E-state index in [-0.39, 0.29) is 18.3 Å². The fourth-order valence-corrected chi connectivity index (χ4v) is 1.96. The average molecular weight is 273 g/mol. The van der Waals surface area contributed by atoms with Crippen molar-refractivity contribution in [3.8, 4) is 0 Å². The largest absolute Gasteiger partial charge is 0.389 e. The third-order valence-electron chi connectivity index (χ3n) is 2.93. The predicted octanol–water partition coefficient (Wildman–Crippen LogP) is 0.940. The molecule has 0 aliphatic heterocycles. The zero-order valence-corrected chi connectivity index (χ0v) is 11.2. The molecule has 0 aliphatic rings. The number of fused-ring (bicyclic) bond motifs is 3. The summed E-state index contributed by atoms with van der Waals surface area (Å²) in [4.78, 5) is 26.5. The lowest BCUT2D eigenvalue weighted by Gasteiger charge is -2.16. The van der Waals surface area contributed by atoms with E-state index < -0.39 is 5.60 Å². The van der Waals surface area contributed by atoms with Gasteiger partial charge in [-0.05, 0) is 19.9 Å². The first kappa shape index (κ1) is 12.6. The maximum absolute atomic E-state index is 12.0. The number of imidazole rings is 1. The van der Waals surface area contributed by atoms with Gasteiger partial charge in [-0.3, -0.25) is 4.79 Å². The number of amides is 1. The molecular formula is C13H15N5O2. The normalized spacial score (nSPS) is 12.2. The number of nitrogens with zero attached hydrogens (tertiary/aromatic N) is 2. The number of H-pyrrole nitrogens is 2. The van der Waals surface area contributed by atoms with E-state index in [1.807, 2.05) is 6.07 Å². The zero-order valence-electron chi connectivity index (χ0n) is 11.2. The molecule has 20 heavy (non-hydrogen) atoms. The summed E-state index contributed by atoms with van der Waals surface area (Å²) in [5.41, 5.74) is 1.17. The molecule has 7 nitrogen and oxygen atoms in total. The number of carbonyl (C=O) groups is 1. The summed E-state index contributed by atoms with van der Waals surface area (Å²) in [5, 5.41) is 13.1. The van der Waals surface area contributed by atoms with Crippen LogP contribution in [0.25, 0.3) is 22.1 Å². The molecule has 3 aromatic rings. The van der Waals surface area contributed by atoms with E-state index >= 15 is 0 Å². The Hall–Kier alpha value is -2.41. The van der Waals surface area contributed by atoms with Gasteiger partial charge in [0.15, 0.2) is 5.82 Å². The fraction of sp³-hybridized carbons (Fsp3) is 0.308. The number of aliphatic hydroxyl groups is 1. The summed E-state index contributed by atoms with van der Waals surface area (Å²) in [7, 11) is 0. The Morgan fingerprint density at radius 1 is 1.50 bits per heavy atom. The molecule has 3 rings (SSSR count). The van der Waals surface area contributed by atoms with Gasteiger partial charge in [-0.15, -0.1) is 0 Å². The van der Waals surface area contributed by atoms with Crippen molar-refractivity contribution < 1.29 is 9.90 Å². The van der Waals surface area contributed by atoms with E-state index in [9.17, 15) is 9.90 Å². The van der Waals surface area contributed by atoms with Crippen LogP contribution in [0.3, 0.4) is 0 Å². The number of aromatic nitrogens is 4. The first-order valence-electron chi connectivity index (χ1n) is 6.26. The van der Waals surface area contributed by atoms with Crippen LogP contribution in [-0.4, -0.2) is 43.1 Å². The highest BCUT2D eigenvalue weighted by molar-refractivity contribution is 6.03. The molecule has 0 fully saturated rings. The van der Waals surface area contributed by atoms with E-state index in [2.05, 4.69) is 25.3 Å². The molecule has 0 spiro atoms. The maximum atomic E-state index is 12.0. The Bertz CT molecular complexity index is 781. The third kappa shape index (κ3) is 2.23. The molecular weight excluding hydrogens is 258 g/mol. The second-order valence-corrected chi connectivity index (χ2v) is 5.34. The molecule has 7 heteroatoms.